The first-order valence-electron chi connectivity index (χ1n) is 3.91. The first kappa shape index (κ1) is 13.2. The van der Waals surface area contributed by atoms with Crippen molar-refractivity contribution in [2.75, 3.05) is 7.11 Å². The molecule has 0 heterocycles. The van der Waals surface area contributed by atoms with E-state index in [0.29, 0.717) is 11.3 Å². The molecule has 1 aromatic carbocycles. The highest BCUT2D eigenvalue weighted by Crippen LogP contribution is 2.12. The van der Waals surface area contributed by atoms with Gasteiger partial charge in [0, 0.05) is 0 Å². The Hall–Kier alpha value is -1.75. The first-order valence-corrected chi connectivity index (χ1v) is 3.91. The Kier molecular flexibility index (Phi) is 5.19. The Morgan fingerprint density at radius 2 is 1.80 bits per heavy atom. The van der Waals surface area contributed by atoms with Crippen LogP contribution in [0.3, 0.4) is 0 Å². The van der Waals surface area contributed by atoms with Gasteiger partial charge in [-0.1, -0.05) is 0 Å². The number of rotatable bonds is 2. The second-order valence-corrected chi connectivity index (χ2v) is 2.58. The van der Waals surface area contributed by atoms with Crippen molar-refractivity contribution in [2.45, 2.75) is 0 Å². The van der Waals surface area contributed by atoms with E-state index in [1.54, 1.807) is 24.3 Å². The number of hydrogen-bond donors (Lipinski definition) is 2. The molecule has 0 saturated carbocycles. The smallest absolute Gasteiger partial charge is 0.337 e. The zero-order chi connectivity index (χ0) is 10.6. The summed E-state index contributed by atoms with van der Waals surface area (Å²) in [6.45, 7) is 0. The maximum absolute atomic E-state index is 11.0. The molecular formula is C9H12ClN3O2. The van der Waals surface area contributed by atoms with Crippen molar-refractivity contribution in [3.8, 4) is 0 Å². The molecule has 15 heavy (non-hydrogen) atoms. The van der Waals surface area contributed by atoms with Gasteiger partial charge < -0.3 is 16.2 Å². The fraction of sp³-hybridized carbons (Fsp3) is 0.111. The Morgan fingerprint density at radius 1 is 1.27 bits per heavy atom. The molecule has 1 aromatic rings. The lowest BCUT2D eigenvalue weighted by atomic mass is 10.2. The van der Waals surface area contributed by atoms with E-state index in [9.17, 15) is 4.79 Å². The molecule has 0 fully saturated rings. The molecule has 4 N–H and O–H groups in total. The summed E-state index contributed by atoms with van der Waals surface area (Å²) in [4.78, 5) is 14.8. The van der Waals surface area contributed by atoms with Crippen LogP contribution in [0.4, 0.5) is 5.69 Å². The molecule has 0 saturated heterocycles. The van der Waals surface area contributed by atoms with E-state index in [1.807, 2.05) is 0 Å². The van der Waals surface area contributed by atoms with Crippen molar-refractivity contribution in [3.05, 3.63) is 29.8 Å². The fourth-order valence-corrected chi connectivity index (χ4v) is 0.939. The molecule has 0 amide bonds. The van der Waals surface area contributed by atoms with E-state index in [0.717, 1.165) is 0 Å². The van der Waals surface area contributed by atoms with Crippen LogP contribution in [0.1, 0.15) is 10.4 Å². The van der Waals surface area contributed by atoms with Crippen molar-refractivity contribution in [1.82, 2.24) is 0 Å². The van der Waals surface area contributed by atoms with Crippen LogP contribution in [0.15, 0.2) is 29.3 Å². The number of nitrogens with zero attached hydrogens (tertiary/aromatic N) is 1. The molecule has 0 spiro atoms. The maximum Gasteiger partial charge on any atom is 0.337 e. The van der Waals surface area contributed by atoms with Gasteiger partial charge in [0.1, 0.15) is 0 Å². The van der Waals surface area contributed by atoms with E-state index in [4.69, 9.17) is 11.5 Å². The summed E-state index contributed by atoms with van der Waals surface area (Å²) in [6.07, 6.45) is 0. The lowest BCUT2D eigenvalue weighted by Crippen LogP contribution is -2.21. The fourth-order valence-electron chi connectivity index (χ4n) is 0.939. The van der Waals surface area contributed by atoms with Crippen LogP contribution < -0.4 is 11.5 Å². The Labute approximate surface area is 93.5 Å². The number of guanidine groups is 1. The van der Waals surface area contributed by atoms with E-state index in [-0.39, 0.29) is 24.3 Å². The number of nitrogens with two attached hydrogens (primary N) is 2. The van der Waals surface area contributed by atoms with Gasteiger partial charge in [0.05, 0.1) is 18.4 Å². The Morgan fingerprint density at radius 3 is 2.20 bits per heavy atom. The number of methoxy groups -OCH3 is 1. The lowest BCUT2D eigenvalue weighted by Gasteiger charge is -1.99. The van der Waals surface area contributed by atoms with Gasteiger partial charge in [0.2, 0.25) is 0 Å². The number of esters is 1. The molecule has 0 aliphatic heterocycles. The summed E-state index contributed by atoms with van der Waals surface area (Å²) < 4.78 is 4.53. The second kappa shape index (κ2) is 5.87. The van der Waals surface area contributed by atoms with E-state index >= 15 is 0 Å². The van der Waals surface area contributed by atoms with Gasteiger partial charge in [0.15, 0.2) is 5.96 Å². The summed E-state index contributed by atoms with van der Waals surface area (Å²) in [5, 5.41) is 0. The van der Waals surface area contributed by atoms with Crippen LogP contribution in [-0.2, 0) is 4.74 Å². The largest absolute Gasteiger partial charge is 0.465 e. The third-order valence-electron chi connectivity index (χ3n) is 1.55. The van der Waals surface area contributed by atoms with Gasteiger partial charge in [-0.3, -0.25) is 0 Å². The molecule has 0 atom stereocenters. The molecular weight excluding hydrogens is 218 g/mol. The molecule has 0 unspecified atom stereocenters. The van der Waals surface area contributed by atoms with Crippen molar-refractivity contribution in [2.24, 2.45) is 16.5 Å². The molecule has 0 aliphatic carbocycles. The highest BCUT2D eigenvalue weighted by molar-refractivity contribution is 5.89. The third-order valence-corrected chi connectivity index (χ3v) is 1.55. The quantitative estimate of drug-likeness (QED) is 0.446. The minimum absolute atomic E-state index is 0. The van der Waals surface area contributed by atoms with Crippen LogP contribution in [-0.4, -0.2) is 19.0 Å². The number of hydrogen-bond acceptors (Lipinski definition) is 3. The zero-order valence-electron chi connectivity index (χ0n) is 8.14. The molecule has 1 rings (SSSR count). The highest BCUT2D eigenvalue weighted by Gasteiger charge is 2.03. The van der Waals surface area contributed by atoms with Crippen molar-refractivity contribution in [1.29, 1.82) is 0 Å². The van der Waals surface area contributed by atoms with Gasteiger partial charge in [-0.05, 0) is 24.3 Å². The predicted octanol–water partition coefficient (Wildman–Crippen LogP) is 0.800. The van der Waals surface area contributed by atoms with Gasteiger partial charge in [-0.25, -0.2) is 9.79 Å². The van der Waals surface area contributed by atoms with Crippen LogP contribution in [0.25, 0.3) is 0 Å². The van der Waals surface area contributed by atoms with Crippen LogP contribution >= 0.6 is 12.4 Å². The first-order chi connectivity index (χ1) is 6.63. The lowest BCUT2D eigenvalue weighted by molar-refractivity contribution is 0.0601. The number of benzene rings is 1. The number of aliphatic imine (C=N–C) groups is 1. The molecule has 0 bridgehead atoms. The van der Waals surface area contributed by atoms with Crippen molar-refractivity contribution < 1.29 is 9.53 Å². The second-order valence-electron chi connectivity index (χ2n) is 2.58. The molecule has 0 aliphatic rings. The van der Waals surface area contributed by atoms with Crippen LogP contribution in [0.5, 0.6) is 0 Å². The highest BCUT2D eigenvalue weighted by atomic mass is 35.5. The van der Waals surface area contributed by atoms with Gasteiger partial charge in [-0.2, -0.15) is 0 Å². The van der Waals surface area contributed by atoms with Crippen LogP contribution in [0.2, 0.25) is 0 Å². The van der Waals surface area contributed by atoms with Gasteiger partial charge in [0.25, 0.3) is 0 Å². The molecule has 6 heteroatoms. The SMILES string of the molecule is COC(=O)c1ccc(N=C(N)N)cc1.Cl. The summed E-state index contributed by atoms with van der Waals surface area (Å²) in [6, 6.07) is 6.44. The average Bonchev–Trinajstić information content (AvgIpc) is 2.17. The Bertz CT molecular complexity index is 358. The Balaban J connectivity index is 0.00000196. The number of carbonyl (C=O) groups is 1. The molecule has 0 radical (unpaired) electrons. The minimum atomic E-state index is -0.388. The predicted molar refractivity (Wildman–Crippen MR) is 60.5 cm³/mol. The van der Waals surface area contributed by atoms with Crippen molar-refractivity contribution in [3.63, 3.8) is 0 Å². The standard InChI is InChI=1S/C9H11N3O2.ClH/c1-14-8(13)6-2-4-7(5-3-6)12-9(10)11;/h2-5H,1H3,(H4,10,11,12);1H. The number of carbonyl (C=O) groups excluding carboxylic acids is 1. The summed E-state index contributed by atoms with van der Waals surface area (Å²) in [5.74, 6) is -0.405. The summed E-state index contributed by atoms with van der Waals surface area (Å²) in [7, 11) is 1.33. The van der Waals surface area contributed by atoms with E-state index in [1.165, 1.54) is 7.11 Å². The number of halogens is 1. The van der Waals surface area contributed by atoms with E-state index < -0.39 is 0 Å². The molecule has 82 valence electrons. The normalized spacial score (nSPS) is 8.60. The van der Waals surface area contributed by atoms with Gasteiger partial charge >= 0.3 is 5.97 Å². The monoisotopic (exact) mass is 229 g/mol. The topological polar surface area (TPSA) is 90.7 Å². The van der Waals surface area contributed by atoms with Crippen molar-refractivity contribution >= 4 is 30.0 Å². The average molecular weight is 230 g/mol. The maximum atomic E-state index is 11.0. The molecule has 5 nitrogen and oxygen atoms in total. The summed E-state index contributed by atoms with van der Waals surface area (Å²) in [5.41, 5.74) is 11.4. The van der Waals surface area contributed by atoms with Crippen LogP contribution in [0, 0.1) is 0 Å². The zero-order valence-corrected chi connectivity index (χ0v) is 8.95. The van der Waals surface area contributed by atoms with Gasteiger partial charge in [-0.15, -0.1) is 12.4 Å². The molecule has 0 aromatic heterocycles. The third kappa shape index (κ3) is 3.86. The number of ether oxygens (including phenoxy) is 1. The minimum Gasteiger partial charge on any atom is -0.465 e. The summed E-state index contributed by atoms with van der Waals surface area (Å²) >= 11 is 0. The van der Waals surface area contributed by atoms with E-state index in [2.05, 4.69) is 9.73 Å².